The van der Waals surface area contributed by atoms with Crippen molar-refractivity contribution in [3.05, 3.63) is 84.3 Å². The predicted molar refractivity (Wildman–Crippen MR) is 165 cm³/mol. The second kappa shape index (κ2) is 15.3. The number of nitrogens with two attached hydrogens (primary N) is 1. The van der Waals surface area contributed by atoms with Crippen molar-refractivity contribution in [3.63, 3.8) is 0 Å². The molecule has 44 heavy (non-hydrogen) atoms. The first-order valence-corrected chi connectivity index (χ1v) is 14.8. The maximum absolute atomic E-state index is 13.1. The molecule has 0 saturated carbocycles. The molecule has 1 fully saturated rings. The summed E-state index contributed by atoms with van der Waals surface area (Å²) in [6.07, 6.45) is 5.02. The summed E-state index contributed by atoms with van der Waals surface area (Å²) in [4.78, 5) is 57.5. The Kier molecular flexibility index (Phi) is 11.2. The minimum Gasteiger partial charge on any atom is -0.374 e. The number of anilines is 1. The molecule has 1 aliphatic heterocycles. The summed E-state index contributed by atoms with van der Waals surface area (Å²) in [6.45, 7) is 4.19. The van der Waals surface area contributed by atoms with E-state index < -0.39 is 29.4 Å². The lowest BCUT2D eigenvalue weighted by Crippen LogP contribution is -2.56. The van der Waals surface area contributed by atoms with E-state index in [1.807, 2.05) is 60.7 Å². The van der Waals surface area contributed by atoms with Gasteiger partial charge in [0.2, 0.25) is 17.7 Å². The quantitative estimate of drug-likeness (QED) is 0.218. The fourth-order valence-electron chi connectivity index (χ4n) is 4.80. The highest BCUT2D eigenvalue weighted by Gasteiger charge is 2.34. The van der Waals surface area contributed by atoms with Crippen molar-refractivity contribution in [1.29, 1.82) is 0 Å². The number of hydrogen-bond donors (Lipinski definition) is 4. The van der Waals surface area contributed by atoms with Crippen LogP contribution in [0.25, 0.3) is 0 Å². The molecule has 4 rings (SSSR count). The van der Waals surface area contributed by atoms with Crippen LogP contribution >= 0.6 is 0 Å². The summed E-state index contributed by atoms with van der Waals surface area (Å²) < 4.78 is 7.27. The highest BCUT2D eigenvalue weighted by molar-refractivity contribution is 5.98. The molecule has 0 spiro atoms. The summed E-state index contributed by atoms with van der Waals surface area (Å²) in [7, 11) is 0. The lowest BCUT2D eigenvalue weighted by Gasteiger charge is -2.24. The molecule has 0 radical (unpaired) electrons. The van der Waals surface area contributed by atoms with Crippen LogP contribution in [-0.2, 0) is 43.5 Å². The number of aromatic nitrogens is 2. The first-order valence-electron chi connectivity index (χ1n) is 14.8. The van der Waals surface area contributed by atoms with Crippen molar-refractivity contribution in [2.24, 2.45) is 5.73 Å². The fraction of sp³-hybridized carbons (Fsp3) is 0.406. The second-order valence-corrected chi connectivity index (χ2v) is 11.4. The van der Waals surface area contributed by atoms with Gasteiger partial charge in [-0.25, -0.2) is 4.98 Å². The SMILES string of the molecule is CC(C)(N)C(=O)N[C@H](COCc1ccccc1)C(=O)Nc1cn(CC(=O)N2CCC[C@H]2C(=O)NCCc2ccccc2)cn1. The maximum atomic E-state index is 13.1. The zero-order chi connectivity index (χ0) is 31.5. The Balaban J connectivity index is 1.30. The van der Waals surface area contributed by atoms with E-state index in [9.17, 15) is 19.2 Å². The highest BCUT2D eigenvalue weighted by Crippen LogP contribution is 2.18. The molecular weight excluding hydrogens is 562 g/mol. The Morgan fingerprint density at radius 2 is 1.73 bits per heavy atom. The van der Waals surface area contributed by atoms with Gasteiger partial charge in [-0.1, -0.05) is 60.7 Å². The van der Waals surface area contributed by atoms with E-state index in [-0.39, 0.29) is 37.4 Å². The molecule has 2 heterocycles. The largest absolute Gasteiger partial charge is 0.374 e. The topological polar surface area (TPSA) is 161 Å². The fourth-order valence-corrected chi connectivity index (χ4v) is 4.80. The number of ether oxygens (including phenoxy) is 1. The van der Waals surface area contributed by atoms with Gasteiger partial charge in [-0.3, -0.25) is 19.2 Å². The van der Waals surface area contributed by atoms with E-state index in [1.54, 1.807) is 23.3 Å². The normalized spacial score (nSPS) is 15.4. The van der Waals surface area contributed by atoms with Crippen molar-refractivity contribution in [3.8, 4) is 0 Å². The summed E-state index contributed by atoms with van der Waals surface area (Å²) in [5.74, 6) is -1.23. The van der Waals surface area contributed by atoms with Crippen LogP contribution in [0, 0.1) is 0 Å². The van der Waals surface area contributed by atoms with Gasteiger partial charge in [-0.15, -0.1) is 0 Å². The van der Waals surface area contributed by atoms with Gasteiger partial charge >= 0.3 is 0 Å². The van der Waals surface area contributed by atoms with Crippen LogP contribution in [0.5, 0.6) is 0 Å². The van der Waals surface area contributed by atoms with E-state index >= 15 is 0 Å². The number of hydrogen-bond acceptors (Lipinski definition) is 7. The molecule has 1 aromatic heterocycles. The molecule has 2 aromatic carbocycles. The second-order valence-electron chi connectivity index (χ2n) is 11.4. The van der Waals surface area contributed by atoms with E-state index in [4.69, 9.17) is 10.5 Å². The maximum Gasteiger partial charge on any atom is 0.250 e. The molecule has 4 amide bonds. The van der Waals surface area contributed by atoms with Gasteiger partial charge in [0.05, 0.1) is 25.1 Å². The number of nitrogens with one attached hydrogen (secondary N) is 3. The Hall–Kier alpha value is -4.55. The summed E-state index contributed by atoms with van der Waals surface area (Å²) in [6, 6.07) is 17.8. The molecule has 1 saturated heterocycles. The molecule has 2 atom stereocenters. The number of imidazole rings is 1. The van der Waals surface area contributed by atoms with Crippen LogP contribution in [0.2, 0.25) is 0 Å². The molecule has 0 aliphatic carbocycles. The molecule has 12 nitrogen and oxygen atoms in total. The number of amides is 4. The van der Waals surface area contributed by atoms with E-state index in [0.29, 0.717) is 25.9 Å². The van der Waals surface area contributed by atoms with Gasteiger partial charge in [0.15, 0.2) is 5.82 Å². The van der Waals surface area contributed by atoms with Gasteiger partial charge in [0.1, 0.15) is 18.6 Å². The Labute approximate surface area is 257 Å². The van der Waals surface area contributed by atoms with Crippen LogP contribution in [0.15, 0.2) is 73.2 Å². The average Bonchev–Trinajstić information content (AvgIpc) is 3.67. The number of carbonyl (C=O) groups is 4. The van der Waals surface area contributed by atoms with Crippen LogP contribution in [-0.4, -0.2) is 75.4 Å². The van der Waals surface area contributed by atoms with E-state index in [2.05, 4.69) is 20.9 Å². The van der Waals surface area contributed by atoms with Crippen molar-refractivity contribution >= 4 is 29.4 Å². The summed E-state index contributed by atoms with van der Waals surface area (Å²) in [5.41, 5.74) is 6.77. The molecule has 0 unspecified atom stereocenters. The van der Waals surface area contributed by atoms with E-state index in [1.165, 1.54) is 12.5 Å². The average molecular weight is 604 g/mol. The molecular formula is C32H41N7O5. The smallest absolute Gasteiger partial charge is 0.250 e. The summed E-state index contributed by atoms with van der Waals surface area (Å²) in [5, 5.41) is 8.28. The number of nitrogens with zero attached hydrogens (tertiary/aromatic N) is 3. The monoisotopic (exact) mass is 603 g/mol. The van der Waals surface area contributed by atoms with Crippen molar-refractivity contribution in [2.75, 3.05) is 25.0 Å². The number of likely N-dealkylation sites (tertiary alicyclic amines) is 1. The minimum atomic E-state index is -1.20. The molecule has 3 aromatic rings. The molecule has 0 bridgehead atoms. The van der Waals surface area contributed by atoms with Gasteiger partial charge in [0.25, 0.3) is 5.91 Å². The molecule has 234 valence electrons. The third-order valence-corrected chi connectivity index (χ3v) is 7.24. The third kappa shape index (κ3) is 9.48. The zero-order valence-electron chi connectivity index (χ0n) is 25.2. The Bertz CT molecular complexity index is 1410. The zero-order valence-corrected chi connectivity index (χ0v) is 25.2. The van der Waals surface area contributed by atoms with Crippen LogP contribution in [0.3, 0.4) is 0 Å². The van der Waals surface area contributed by atoms with Crippen LogP contribution in [0.1, 0.15) is 37.8 Å². The van der Waals surface area contributed by atoms with E-state index in [0.717, 1.165) is 17.5 Å². The first-order chi connectivity index (χ1) is 21.1. The van der Waals surface area contributed by atoms with Gasteiger partial charge < -0.3 is 35.9 Å². The standard InChI is InChI=1S/C32H41N7O5/c1-32(2,33)31(43)36-25(21-44-20-24-12-7-4-8-13-24)29(41)37-27-18-38(22-35-27)19-28(40)39-17-9-14-26(39)30(42)34-16-15-23-10-5-3-6-11-23/h3-8,10-13,18,22,25-26H,9,14-17,19-21,33H2,1-2H3,(H,34,42)(H,36,43)(H,37,41)/t25-,26+/m1/s1. The summed E-state index contributed by atoms with van der Waals surface area (Å²) >= 11 is 0. The van der Waals surface area contributed by atoms with Crippen molar-refractivity contribution in [1.82, 2.24) is 25.1 Å². The van der Waals surface area contributed by atoms with Crippen LogP contribution in [0.4, 0.5) is 5.82 Å². The Morgan fingerprint density at radius 1 is 1.05 bits per heavy atom. The highest BCUT2D eigenvalue weighted by atomic mass is 16.5. The number of carbonyl (C=O) groups excluding carboxylic acids is 4. The lowest BCUT2D eigenvalue weighted by atomic mass is 10.1. The third-order valence-electron chi connectivity index (χ3n) is 7.24. The van der Waals surface area contributed by atoms with Gasteiger partial charge in [-0.05, 0) is 44.2 Å². The Morgan fingerprint density at radius 3 is 2.41 bits per heavy atom. The van der Waals surface area contributed by atoms with Gasteiger partial charge in [-0.2, -0.15) is 0 Å². The first kappa shape index (κ1) is 32.4. The predicted octanol–water partition coefficient (Wildman–Crippen LogP) is 1.61. The number of benzene rings is 2. The molecule has 5 N–H and O–H groups in total. The minimum absolute atomic E-state index is 0.0433. The number of rotatable bonds is 14. The molecule has 1 aliphatic rings. The van der Waals surface area contributed by atoms with Crippen molar-refractivity contribution < 1.29 is 23.9 Å². The van der Waals surface area contributed by atoms with Crippen molar-refractivity contribution in [2.45, 2.75) is 63.9 Å². The molecule has 12 heteroatoms. The van der Waals surface area contributed by atoms with Crippen LogP contribution < -0.4 is 21.7 Å². The van der Waals surface area contributed by atoms with Gasteiger partial charge in [0, 0.05) is 19.3 Å². The lowest BCUT2D eigenvalue weighted by molar-refractivity contribution is -0.138.